The summed E-state index contributed by atoms with van der Waals surface area (Å²) < 4.78 is 0. The van der Waals surface area contributed by atoms with Crippen molar-refractivity contribution < 1.29 is 4.79 Å². The Hall–Kier alpha value is -1.84. The molecule has 1 aliphatic rings. The minimum atomic E-state index is -0.269. The minimum absolute atomic E-state index is 0.0402. The first-order valence-corrected chi connectivity index (χ1v) is 9.44. The van der Waals surface area contributed by atoms with Crippen LogP contribution in [0.25, 0.3) is 0 Å². The highest BCUT2D eigenvalue weighted by molar-refractivity contribution is 8.00. The Morgan fingerprint density at radius 1 is 1.35 bits per heavy atom. The van der Waals surface area contributed by atoms with Gasteiger partial charge in [0.2, 0.25) is 5.91 Å². The van der Waals surface area contributed by atoms with Gasteiger partial charge in [0.05, 0.1) is 11.6 Å². The second kappa shape index (κ2) is 7.62. The van der Waals surface area contributed by atoms with Gasteiger partial charge in [0.1, 0.15) is 5.25 Å². The van der Waals surface area contributed by atoms with Gasteiger partial charge >= 0.3 is 0 Å². The van der Waals surface area contributed by atoms with Crippen LogP contribution in [0.5, 0.6) is 0 Å². The van der Waals surface area contributed by atoms with E-state index in [0.29, 0.717) is 15.9 Å². The van der Waals surface area contributed by atoms with Gasteiger partial charge in [0.25, 0.3) is 0 Å². The molecule has 0 aliphatic heterocycles. The standard InChI is InChI=1S/C17H17N3OS2/c18-11-12-5-7-13(8-6-12)15(23-14-3-1-2-4-14)16(21)20-17-19-9-10-22-17/h5-10,14-15H,1-4H2,(H,19,20,21). The van der Waals surface area contributed by atoms with Gasteiger partial charge in [0.15, 0.2) is 5.13 Å². The molecule has 4 nitrogen and oxygen atoms in total. The average Bonchev–Trinajstić information content (AvgIpc) is 3.26. The second-order valence-electron chi connectivity index (χ2n) is 5.48. The molecule has 1 fully saturated rings. The molecule has 1 atom stereocenters. The summed E-state index contributed by atoms with van der Waals surface area (Å²) in [5, 5.41) is 14.6. The third kappa shape index (κ3) is 4.12. The maximum Gasteiger partial charge on any atom is 0.243 e. The van der Waals surface area contributed by atoms with Crippen LogP contribution in [-0.2, 0) is 4.79 Å². The van der Waals surface area contributed by atoms with E-state index in [2.05, 4.69) is 16.4 Å². The predicted molar refractivity (Wildman–Crippen MR) is 94.5 cm³/mol. The van der Waals surface area contributed by atoms with E-state index in [-0.39, 0.29) is 11.2 Å². The molecule has 1 saturated carbocycles. The minimum Gasteiger partial charge on any atom is -0.301 e. The highest BCUT2D eigenvalue weighted by Gasteiger charge is 2.27. The summed E-state index contributed by atoms with van der Waals surface area (Å²) in [4.78, 5) is 16.8. The summed E-state index contributed by atoms with van der Waals surface area (Å²) in [6, 6.07) is 9.42. The first kappa shape index (κ1) is 16.0. The molecule has 118 valence electrons. The van der Waals surface area contributed by atoms with E-state index in [1.807, 2.05) is 17.5 Å². The zero-order chi connectivity index (χ0) is 16.1. The molecule has 1 N–H and O–H groups in total. The molecule has 23 heavy (non-hydrogen) atoms. The van der Waals surface area contributed by atoms with Crippen molar-refractivity contribution in [1.82, 2.24) is 4.98 Å². The number of thioether (sulfide) groups is 1. The first-order valence-electron chi connectivity index (χ1n) is 7.62. The molecule has 1 heterocycles. The van der Waals surface area contributed by atoms with Gasteiger partial charge in [-0.2, -0.15) is 5.26 Å². The lowest BCUT2D eigenvalue weighted by atomic mass is 10.1. The number of aromatic nitrogens is 1. The molecule has 1 unspecified atom stereocenters. The number of hydrogen-bond acceptors (Lipinski definition) is 5. The number of anilines is 1. The number of carbonyl (C=O) groups is 1. The van der Waals surface area contributed by atoms with Crippen molar-refractivity contribution in [3.05, 3.63) is 47.0 Å². The van der Waals surface area contributed by atoms with Crippen LogP contribution in [0, 0.1) is 11.3 Å². The van der Waals surface area contributed by atoms with Crippen LogP contribution in [0.3, 0.4) is 0 Å². The summed E-state index contributed by atoms with van der Waals surface area (Å²) in [7, 11) is 0. The van der Waals surface area contributed by atoms with Gasteiger partial charge in [-0.3, -0.25) is 4.79 Å². The van der Waals surface area contributed by atoms with E-state index in [9.17, 15) is 4.79 Å². The molecule has 1 amide bonds. The quantitative estimate of drug-likeness (QED) is 0.875. The van der Waals surface area contributed by atoms with Crippen LogP contribution in [0.2, 0.25) is 0 Å². The number of benzene rings is 1. The van der Waals surface area contributed by atoms with Gasteiger partial charge in [0, 0.05) is 16.8 Å². The highest BCUT2D eigenvalue weighted by Crippen LogP contribution is 2.40. The topological polar surface area (TPSA) is 65.8 Å². The molecule has 0 radical (unpaired) electrons. The van der Waals surface area contributed by atoms with Gasteiger partial charge in [-0.15, -0.1) is 23.1 Å². The zero-order valence-electron chi connectivity index (χ0n) is 12.6. The molecular formula is C17H17N3OS2. The number of nitrogens with zero attached hydrogens (tertiary/aromatic N) is 2. The number of nitriles is 1. The summed E-state index contributed by atoms with van der Waals surface area (Å²) in [6.45, 7) is 0. The van der Waals surface area contributed by atoms with Gasteiger partial charge < -0.3 is 5.32 Å². The zero-order valence-corrected chi connectivity index (χ0v) is 14.2. The van der Waals surface area contributed by atoms with Crippen LogP contribution in [-0.4, -0.2) is 16.1 Å². The molecule has 2 aromatic rings. The lowest BCUT2D eigenvalue weighted by molar-refractivity contribution is -0.115. The van der Waals surface area contributed by atoms with E-state index in [0.717, 1.165) is 5.56 Å². The Balaban J connectivity index is 1.79. The van der Waals surface area contributed by atoms with Crippen molar-refractivity contribution in [2.75, 3.05) is 5.32 Å². The van der Waals surface area contributed by atoms with Crippen molar-refractivity contribution >= 4 is 34.1 Å². The summed E-state index contributed by atoms with van der Waals surface area (Å²) in [6.07, 6.45) is 6.50. The molecule has 6 heteroatoms. The predicted octanol–water partition coefficient (Wildman–Crippen LogP) is 4.37. The van der Waals surface area contributed by atoms with Crippen molar-refractivity contribution in [2.24, 2.45) is 0 Å². The molecule has 1 aliphatic carbocycles. The van der Waals surface area contributed by atoms with E-state index < -0.39 is 0 Å². The monoisotopic (exact) mass is 343 g/mol. The van der Waals surface area contributed by atoms with E-state index in [1.54, 1.807) is 30.1 Å². The Labute approximate surface area is 143 Å². The average molecular weight is 343 g/mol. The highest BCUT2D eigenvalue weighted by atomic mass is 32.2. The number of nitrogens with one attached hydrogen (secondary N) is 1. The van der Waals surface area contributed by atoms with E-state index >= 15 is 0 Å². The Kier molecular flexibility index (Phi) is 5.31. The third-order valence-electron chi connectivity index (χ3n) is 3.87. The maximum atomic E-state index is 12.7. The molecular weight excluding hydrogens is 326 g/mol. The number of hydrogen-bond donors (Lipinski definition) is 1. The first-order chi connectivity index (χ1) is 11.3. The normalized spacial score (nSPS) is 16.0. The van der Waals surface area contributed by atoms with Crippen LogP contribution in [0.4, 0.5) is 5.13 Å². The van der Waals surface area contributed by atoms with Gasteiger partial charge in [-0.25, -0.2) is 4.98 Å². The Morgan fingerprint density at radius 3 is 2.70 bits per heavy atom. The number of thiazole rings is 1. The van der Waals surface area contributed by atoms with Crippen molar-refractivity contribution in [3.8, 4) is 6.07 Å². The summed E-state index contributed by atoms with van der Waals surface area (Å²) in [5.74, 6) is -0.0402. The number of carbonyl (C=O) groups excluding carboxylic acids is 1. The Morgan fingerprint density at radius 2 is 2.09 bits per heavy atom. The third-order valence-corrected chi connectivity index (χ3v) is 6.18. The van der Waals surface area contributed by atoms with Crippen molar-refractivity contribution in [3.63, 3.8) is 0 Å². The fraction of sp³-hybridized carbons (Fsp3) is 0.353. The van der Waals surface area contributed by atoms with E-state index in [1.165, 1.54) is 37.0 Å². The lowest BCUT2D eigenvalue weighted by Gasteiger charge is -2.20. The van der Waals surface area contributed by atoms with Gasteiger partial charge in [-0.05, 0) is 30.5 Å². The SMILES string of the molecule is N#Cc1ccc(C(SC2CCCC2)C(=O)Nc2nccs2)cc1. The fourth-order valence-corrected chi connectivity index (χ4v) is 4.72. The van der Waals surface area contributed by atoms with Crippen LogP contribution in [0.15, 0.2) is 35.8 Å². The van der Waals surface area contributed by atoms with Crippen molar-refractivity contribution in [2.45, 2.75) is 36.2 Å². The van der Waals surface area contributed by atoms with Crippen LogP contribution >= 0.6 is 23.1 Å². The van der Waals surface area contributed by atoms with E-state index in [4.69, 9.17) is 5.26 Å². The van der Waals surface area contributed by atoms with Crippen LogP contribution < -0.4 is 5.32 Å². The summed E-state index contributed by atoms with van der Waals surface area (Å²) >= 11 is 3.15. The molecule has 0 saturated heterocycles. The molecule has 0 bridgehead atoms. The molecule has 0 spiro atoms. The molecule has 1 aromatic carbocycles. The Bertz CT molecular complexity index is 686. The molecule has 1 aromatic heterocycles. The number of rotatable bonds is 5. The fourth-order valence-electron chi connectivity index (χ4n) is 2.70. The second-order valence-corrected chi connectivity index (χ2v) is 7.79. The summed E-state index contributed by atoms with van der Waals surface area (Å²) in [5.41, 5.74) is 1.55. The maximum absolute atomic E-state index is 12.7. The lowest BCUT2D eigenvalue weighted by Crippen LogP contribution is -2.20. The van der Waals surface area contributed by atoms with Gasteiger partial charge in [-0.1, -0.05) is 25.0 Å². The largest absolute Gasteiger partial charge is 0.301 e. The van der Waals surface area contributed by atoms with Crippen molar-refractivity contribution in [1.29, 1.82) is 5.26 Å². The number of amides is 1. The smallest absolute Gasteiger partial charge is 0.243 e. The molecule has 3 rings (SSSR count). The van der Waals surface area contributed by atoms with Crippen LogP contribution in [0.1, 0.15) is 42.1 Å².